The molecule has 2 aromatic rings. The van der Waals surface area contributed by atoms with Crippen LogP contribution in [0.2, 0.25) is 0 Å². The summed E-state index contributed by atoms with van der Waals surface area (Å²) >= 11 is 1.46. The molecule has 2 nitrogen and oxygen atoms in total. The molecule has 2 aromatic carbocycles. The zero-order valence-electron chi connectivity index (χ0n) is 12.8. The second-order valence-electron chi connectivity index (χ2n) is 5.05. The molecule has 0 radical (unpaired) electrons. The molecule has 1 unspecified atom stereocenters. The number of amides is 1. The monoisotopic (exact) mass is 317 g/mol. The Morgan fingerprint density at radius 2 is 1.77 bits per heavy atom. The molecular weight excluding hydrogens is 297 g/mol. The van der Waals surface area contributed by atoms with E-state index in [0.29, 0.717) is 13.1 Å². The van der Waals surface area contributed by atoms with Crippen molar-refractivity contribution in [2.75, 3.05) is 6.54 Å². The Kier molecular flexibility index (Phi) is 6.01. The first-order chi connectivity index (χ1) is 10.6. The number of carbonyl (C=O) groups is 1. The summed E-state index contributed by atoms with van der Waals surface area (Å²) in [7, 11) is 0. The van der Waals surface area contributed by atoms with Crippen LogP contribution in [0.4, 0.5) is 4.39 Å². The van der Waals surface area contributed by atoms with Gasteiger partial charge < -0.3 is 4.90 Å². The number of hydrogen-bond acceptors (Lipinski definition) is 2. The van der Waals surface area contributed by atoms with Crippen molar-refractivity contribution in [2.24, 2.45) is 0 Å². The van der Waals surface area contributed by atoms with E-state index < -0.39 is 0 Å². The highest BCUT2D eigenvalue weighted by atomic mass is 32.2. The molecule has 1 atom stereocenters. The smallest absolute Gasteiger partial charge is 0.236 e. The molecule has 116 valence electrons. The molecule has 0 saturated carbocycles. The molecule has 22 heavy (non-hydrogen) atoms. The molecule has 0 heterocycles. The number of benzene rings is 2. The number of hydrogen-bond donors (Lipinski definition) is 0. The fourth-order valence-corrected chi connectivity index (χ4v) is 3.13. The van der Waals surface area contributed by atoms with Crippen LogP contribution in [0.25, 0.3) is 0 Å². The van der Waals surface area contributed by atoms with Crippen LogP contribution in [0.1, 0.15) is 19.4 Å². The molecule has 0 fully saturated rings. The highest BCUT2D eigenvalue weighted by molar-refractivity contribution is 8.00. The normalized spacial score (nSPS) is 12.0. The Morgan fingerprint density at radius 1 is 1.14 bits per heavy atom. The van der Waals surface area contributed by atoms with Crippen LogP contribution in [-0.2, 0) is 11.3 Å². The van der Waals surface area contributed by atoms with E-state index in [0.717, 1.165) is 10.5 Å². The van der Waals surface area contributed by atoms with E-state index in [-0.39, 0.29) is 17.0 Å². The van der Waals surface area contributed by atoms with E-state index in [4.69, 9.17) is 0 Å². The fourth-order valence-electron chi connectivity index (χ4n) is 2.17. The van der Waals surface area contributed by atoms with Crippen LogP contribution in [0.15, 0.2) is 59.5 Å². The SMILES string of the molecule is CCN(Cc1ccccc1)C(=O)C(C)Sc1ccc(F)cc1. The van der Waals surface area contributed by atoms with Gasteiger partial charge in [0.05, 0.1) is 5.25 Å². The highest BCUT2D eigenvalue weighted by Gasteiger charge is 2.20. The van der Waals surface area contributed by atoms with Crippen molar-refractivity contribution in [3.05, 3.63) is 66.0 Å². The summed E-state index contributed by atoms with van der Waals surface area (Å²) in [5.41, 5.74) is 1.12. The summed E-state index contributed by atoms with van der Waals surface area (Å²) in [6.45, 7) is 5.16. The van der Waals surface area contributed by atoms with Gasteiger partial charge in [0.1, 0.15) is 5.82 Å². The minimum Gasteiger partial charge on any atom is -0.338 e. The van der Waals surface area contributed by atoms with Crippen LogP contribution >= 0.6 is 11.8 Å². The highest BCUT2D eigenvalue weighted by Crippen LogP contribution is 2.25. The maximum absolute atomic E-state index is 12.9. The Labute approximate surface area is 135 Å². The fraction of sp³-hybridized carbons (Fsp3) is 0.278. The van der Waals surface area contributed by atoms with Crippen molar-refractivity contribution >= 4 is 17.7 Å². The maximum atomic E-state index is 12.9. The van der Waals surface area contributed by atoms with E-state index in [1.165, 1.54) is 23.9 Å². The lowest BCUT2D eigenvalue weighted by Gasteiger charge is -2.24. The minimum atomic E-state index is -0.261. The standard InChI is InChI=1S/C18H20FNOS/c1-3-20(13-15-7-5-4-6-8-15)18(21)14(2)22-17-11-9-16(19)10-12-17/h4-12,14H,3,13H2,1-2H3. The molecule has 0 aliphatic carbocycles. The van der Waals surface area contributed by atoms with E-state index >= 15 is 0 Å². The first-order valence-electron chi connectivity index (χ1n) is 7.35. The topological polar surface area (TPSA) is 20.3 Å². The lowest BCUT2D eigenvalue weighted by molar-refractivity contribution is -0.130. The Balaban J connectivity index is 1.99. The van der Waals surface area contributed by atoms with Crippen LogP contribution in [0.3, 0.4) is 0 Å². The van der Waals surface area contributed by atoms with Gasteiger partial charge in [-0.3, -0.25) is 4.79 Å². The largest absolute Gasteiger partial charge is 0.338 e. The first kappa shape index (κ1) is 16.6. The first-order valence-corrected chi connectivity index (χ1v) is 8.23. The summed E-state index contributed by atoms with van der Waals surface area (Å²) in [6.07, 6.45) is 0. The van der Waals surface area contributed by atoms with Gasteiger partial charge in [0.25, 0.3) is 0 Å². The second kappa shape index (κ2) is 7.99. The third-order valence-electron chi connectivity index (χ3n) is 3.38. The molecule has 0 aliphatic heterocycles. The van der Waals surface area contributed by atoms with E-state index in [1.807, 2.05) is 49.1 Å². The van der Waals surface area contributed by atoms with Gasteiger partial charge in [-0.1, -0.05) is 30.3 Å². The van der Waals surface area contributed by atoms with Gasteiger partial charge in [-0.15, -0.1) is 11.8 Å². The van der Waals surface area contributed by atoms with Gasteiger partial charge in [-0.2, -0.15) is 0 Å². The van der Waals surface area contributed by atoms with E-state index in [1.54, 1.807) is 12.1 Å². The average molecular weight is 317 g/mol. The van der Waals surface area contributed by atoms with Crippen LogP contribution < -0.4 is 0 Å². The summed E-state index contributed by atoms with van der Waals surface area (Å²) in [4.78, 5) is 15.3. The van der Waals surface area contributed by atoms with Gasteiger partial charge in [0.15, 0.2) is 0 Å². The van der Waals surface area contributed by atoms with Crippen LogP contribution in [0.5, 0.6) is 0 Å². The van der Waals surface area contributed by atoms with E-state index in [9.17, 15) is 9.18 Å². The number of rotatable bonds is 6. The molecule has 0 saturated heterocycles. The third kappa shape index (κ3) is 4.60. The van der Waals surface area contributed by atoms with Gasteiger partial charge >= 0.3 is 0 Å². The molecule has 0 aromatic heterocycles. The van der Waals surface area contributed by atoms with E-state index in [2.05, 4.69) is 0 Å². The quantitative estimate of drug-likeness (QED) is 0.738. The van der Waals surface area contributed by atoms with Crippen LogP contribution in [-0.4, -0.2) is 22.6 Å². The summed E-state index contributed by atoms with van der Waals surface area (Å²) < 4.78 is 12.9. The summed E-state index contributed by atoms with van der Waals surface area (Å²) in [5.74, 6) is -0.164. The Bertz CT molecular complexity index is 600. The van der Waals surface area contributed by atoms with Crippen molar-refractivity contribution in [3.63, 3.8) is 0 Å². The van der Waals surface area contributed by atoms with Gasteiger partial charge in [-0.05, 0) is 43.7 Å². The molecule has 0 spiro atoms. The second-order valence-corrected chi connectivity index (χ2v) is 6.47. The van der Waals surface area contributed by atoms with Crippen molar-refractivity contribution in [2.45, 2.75) is 30.5 Å². The molecule has 0 N–H and O–H groups in total. The van der Waals surface area contributed by atoms with Crippen molar-refractivity contribution in [1.82, 2.24) is 4.90 Å². The average Bonchev–Trinajstić information content (AvgIpc) is 2.55. The molecule has 2 rings (SSSR count). The lowest BCUT2D eigenvalue weighted by Crippen LogP contribution is -2.35. The Morgan fingerprint density at radius 3 is 2.36 bits per heavy atom. The molecule has 0 bridgehead atoms. The number of nitrogens with zero attached hydrogens (tertiary/aromatic N) is 1. The van der Waals surface area contributed by atoms with Crippen LogP contribution in [0, 0.1) is 5.82 Å². The molecule has 1 amide bonds. The Hall–Kier alpha value is -1.81. The third-order valence-corrected chi connectivity index (χ3v) is 4.48. The number of thioether (sulfide) groups is 1. The van der Waals surface area contributed by atoms with Gasteiger partial charge in [0.2, 0.25) is 5.91 Å². The minimum absolute atomic E-state index is 0.0979. The predicted molar refractivity (Wildman–Crippen MR) is 89.3 cm³/mol. The molecule has 4 heteroatoms. The molecule has 0 aliphatic rings. The maximum Gasteiger partial charge on any atom is 0.236 e. The zero-order chi connectivity index (χ0) is 15.9. The number of carbonyl (C=O) groups excluding carboxylic acids is 1. The van der Waals surface area contributed by atoms with Crippen molar-refractivity contribution < 1.29 is 9.18 Å². The summed E-state index contributed by atoms with van der Waals surface area (Å²) in [6, 6.07) is 16.2. The lowest BCUT2D eigenvalue weighted by atomic mass is 10.2. The predicted octanol–water partition coefficient (Wildman–Crippen LogP) is 4.36. The van der Waals surface area contributed by atoms with Crippen molar-refractivity contribution in [3.8, 4) is 0 Å². The van der Waals surface area contributed by atoms with Gasteiger partial charge in [0, 0.05) is 18.0 Å². The van der Waals surface area contributed by atoms with Crippen molar-refractivity contribution in [1.29, 1.82) is 0 Å². The number of halogens is 1. The zero-order valence-corrected chi connectivity index (χ0v) is 13.6. The summed E-state index contributed by atoms with van der Waals surface area (Å²) in [5, 5.41) is -0.200. The molecular formula is C18H20FNOS. The van der Waals surface area contributed by atoms with Gasteiger partial charge in [-0.25, -0.2) is 4.39 Å².